The fourth-order valence-electron chi connectivity index (χ4n) is 2.07. The number of allylic oxidation sites excluding steroid dienone is 2. The molecule has 0 fully saturated rings. The van der Waals surface area contributed by atoms with Gasteiger partial charge in [-0.25, -0.2) is 0 Å². The predicted molar refractivity (Wildman–Crippen MR) is 81.2 cm³/mol. The van der Waals surface area contributed by atoms with E-state index in [1.54, 1.807) is 0 Å². The maximum atomic E-state index is 13.0. The lowest BCUT2D eigenvalue weighted by molar-refractivity contribution is -0.145. The number of rotatable bonds is 2. The van der Waals surface area contributed by atoms with E-state index in [1.165, 1.54) is 0 Å². The molecule has 0 bridgehead atoms. The summed E-state index contributed by atoms with van der Waals surface area (Å²) in [7, 11) is 0. The van der Waals surface area contributed by atoms with Gasteiger partial charge in [0.15, 0.2) is 0 Å². The maximum Gasteiger partial charge on any atom is 0.416 e. The average molecular weight is 430 g/mol. The molecule has 1 unspecified atom stereocenters. The number of aliphatic hydroxyl groups is 1. The van der Waals surface area contributed by atoms with Crippen LogP contribution in [0.25, 0.3) is 0 Å². The first-order chi connectivity index (χ1) is 11.3. The minimum Gasteiger partial charge on any atom is -0.507 e. The van der Waals surface area contributed by atoms with E-state index in [9.17, 15) is 36.2 Å². The minimum absolute atomic E-state index is 0.272. The summed E-state index contributed by atoms with van der Waals surface area (Å²) in [6, 6.07) is 3.59. The van der Waals surface area contributed by atoms with E-state index in [2.05, 4.69) is 15.9 Å². The Morgan fingerprint density at radius 1 is 1.20 bits per heavy atom. The van der Waals surface area contributed by atoms with E-state index in [0.29, 0.717) is 12.1 Å². The molecular weight excluding hydrogens is 420 g/mol. The quantitative estimate of drug-likeness (QED) is 0.506. The highest BCUT2D eigenvalue weighted by atomic mass is 79.9. The largest absolute Gasteiger partial charge is 0.507 e. The number of nitrogens with one attached hydrogen (secondary N) is 1. The Hall–Kier alpha value is -1.97. The number of anilines is 1. The van der Waals surface area contributed by atoms with Crippen LogP contribution in [0.2, 0.25) is 0 Å². The van der Waals surface area contributed by atoms with Gasteiger partial charge in [-0.05, 0) is 36.8 Å². The Balaban J connectivity index is 2.30. The number of carbonyl (C=O) groups is 1. The summed E-state index contributed by atoms with van der Waals surface area (Å²) in [5, 5.41) is 11.7. The third-order valence-corrected chi connectivity index (χ3v) is 4.41. The monoisotopic (exact) mass is 429 g/mol. The van der Waals surface area contributed by atoms with E-state index < -0.39 is 45.9 Å². The molecule has 1 aliphatic carbocycles. The second-order valence-corrected chi connectivity index (χ2v) is 6.66. The van der Waals surface area contributed by atoms with Crippen LogP contribution in [0.5, 0.6) is 0 Å². The third kappa shape index (κ3) is 4.17. The van der Waals surface area contributed by atoms with E-state index in [-0.39, 0.29) is 5.69 Å². The van der Waals surface area contributed by atoms with Gasteiger partial charge in [0.25, 0.3) is 5.91 Å². The Bertz CT molecular complexity index is 753. The molecule has 0 aromatic heterocycles. The lowest BCUT2D eigenvalue weighted by atomic mass is 9.93. The van der Waals surface area contributed by atoms with Crippen molar-refractivity contribution in [1.82, 2.24) is 0 Å². The molecule has 0 spiro atoms. The average Bonchev–Trinajstić information content (AvgIpc) is 2.48. The van der Waals surface area contributed by atoms with Crippen LogP contribution in [-0.2, 0) is 11.0 Å². The van der Waals surface area contributed by atoms with E-state index in [4.69, 9.17) is 0 Å². The van der Waals surface area contributed by atoms with Gasteiger partial charge in [0.1, 0.15) is 10.1 Å². The molecular formula is C15H10BrF6NO2. The zero-order valence-corrected chi connectivity index (χ0v) is 13.8. The van der Waals surface area contributed by atoms with Crippen molar-refractivity contribution >= 4 is 27.5 Å². The van der Waals surface area contributed by atoms with Crippen LogP contribution in [0.4, 0.5) is 32.0 Å². The van der Waals surface area contributed by atoms with Crippen molar-refractivity contribution in [3.63, 3.8) is 0 Å². The lowest BCUT2D eigenvalue weighted by Crippen LogP contribution is -2.39. The van der Waals surface area contributed by atoms with Crippen molar-refractivity contribution in [2.24, 2.45) is 0 Å². The molecule has 25 heavy (non-hydrogen) atoms. The van der Waals surface area contributed by atoms with Gasteiger partial charge in [0, 0.05) is 5.69 Å². The molecule has 1 aromatic carbocycles. The lowest BCUT2D eigenvalue weighted by Gasteiger charge is -2.29. The zero-order valence-electron chi connectivity index (χ0n) is 12.2. The Kier molecular flexibility index (Phi) is 4.95. The van der Waals surface area contributed by atoms with Gasteiger partial charge in [-0.3, -0.25) is 4.79 Å². The molecule has 0 saturated carbocycles. The molecule has 1 amide bonds. The van der Waals surface area contributed by atoms with Crippen molar-refractivity contribution in [1.29, 1.82) is 0 Å². The number of halogens is 7. The summed E-state index contributed by atoms with van der Waals surface area (Å²) in [6.07, 6.45) is -8.72. The van der Waals surface area contributed by atoms with E-state index in [0.717, 1.165) is 24.3 Å². The first-order valence-electron chi connectivity index (χ1n) is 6.70. The van der Waals surface area contributed by atoms with Gasteiger partial charge in [-0.2, -0.15) is 26.3 Å². The highest BCUT2D eigenvalue weighted by molar-refractivity contribution is 9.10. The highest BCUT2D eigenvalue weighted by Crippen LogP contribution is 2.45. The second-order valence-electron chi connectivity index (χ2n) is 5.24. The predicted octanol–water partition coefficient (Wildman–Crippen LogP) is 5.11. The molecule has 136 valence electrons. The molecule has 2 rings (SSSR count). The molecule has 1 aliphatic rings. The molecule has 1 aromatic rings. The van der Waals surface area contributed by atoms with Crippen molar-refractivity contribution in [2.45, 2.75) is 23.1 Å². The normalized spacial score (nSPS) is 21.4. The number of hydrogen-bond donors (Lipinski definition) is 2. The molecule has 3 nitrogen and oxygen atoms in total. The first-order valence-corrected chi connectivity index (χ1v) is 7.49. The van der Waals surface area contributed by atoms with Crippen molar-refractivity contribution in [3.05, 3.63) is 53.3 Å². The van der Waals surface area contributed by atoms with Gasteiger partial charge in [0.05, 0.1) is 11.1 Å². The standard InChI is InChI=1S/C15H10BrF6NO2/c16-13(15(20,21)22)5-4-11(24)10(7-13)12(25)23-9-3-1-2-8(6-9)14(17,18)19/h1-4,6-7,24H,5H2,(H,23,25). The fraction of sp³-hybridized carbons (Fsp3) is 0.267. The maximum absolute atomic E-state index is 13.0. The van der Waals surface area contributed by atoms with Gasteiger partial charge in [0.2, 0.25) is 0 Å². The number of carbonyl (C=O) groups excluding carboxylic acids is 1. The zero-order chi connectivity index (χ0) is 19.0. The molecule has 10 heteroatoms. The summed E-state index contributed by atoms with van der Waals surface area (Å²) in [6.45, 7) is 0. The summed E-state index contributed by atoms with van der Waals surface area (Å²) in [5.74, 6) is -1.86. The van der Waals surface area contributed by atoms with Crippen molar-refractivity contribution in [3.8, 4) is 0 Å². The summed E-state index contributed by atoms with van der Waals surface area (Å²) in [5.41, 5.74) is -2.00. The minimum atomic E-state index is -4.74. The van der Waals surface area contributed by atoms with Crippen LogP contribution < -0.4 is 5.32 Å². The number of hydrogen-bond acceptors (Lipinski definition) is 2. The van der Waals surface area contributed by atoms with Crippen LogP contribution in [0.1, 0.15) is 12.0 Å². The number of aliphatic hydroxyl groups excluding tert-OH is 1. The number of amides is 1. The molecule has 0 radical (unpaired) electrons. The number of benzene rings is 1. The summed E-state index contributed by atoms with van der Waals surface area (Å²) >= 11 is 2.49. The Morgan fingerprint density at radius 3 is 2.40 bits per heavy atom. The molecule has 0 saturated heterocycles. The van der Waals surface area contributed by atoms with Crippen molar-refractivity contribution in [2.75, 3.05) is 5.32 Å². The van der Waals surface area contributed by atoms with Crippen LogP contribution in [0.15, 0.2) is 47.7 Å². The first kappa shape index (κ1) is 19.4. The topological polar surface area (TPSA) is 49.3 Å². The molecule has 1 atom stereocenters. The Morgan fingerprint density at radius 2 is 1.84 bits per heavy atom. The van der Waals surface area contributed by atoms with Crippen LogP contribution in [0.3, 0.4) is 0 Å². The second kappa shape index (κ2) is 6.40. The van der Waals surface area contributed by atoms with Crippen LogP contribution in [-0.4, -0.2) is 21.5 Å². The van der Waals surface area contributed by atoms with Gasteiger partial charge in [-0.15, -0.1) is 0 Å². The smallest absolute Gasteiger partial charge is 0.416 e. The molecule has 2 N–H and O–H groups in total. The van der Waals surface area contributed by atoms with Gasteiger partial charge < -0.3 is 10.4 Å². The number of alkyl halides is 7. The van der Waals surface area contributed by atoms with Crippen LogP contribution >= 0.6 is 15.9 Å². The Labute approximate surface area is 146 Å². The molecule has 0 aliphatic heterocycles. The SMILES string of the molecule is O=C(Nc1cccc(C(F)(F)F)c1)C1=CC(Br)(C(F)(F)F)CC=C1O. The molecule has 0 heterocycles. The third-order valence-electron chi connectivity index (χ3n) is 3.41. The van der Waals surface area contributed by atoms with E-state index >= 15 is 0 Å². The van der Waals surface area contributed by atoms with Gasteiger partial charge in [-0.1, -0.05) is 22.0 Å². The summed E-state index contributed by atoms with van der Waals surface area (Å²) < 4.78 is 74.5. The van der Waals surface area contributed by atoms with Gasteiger partial charge >= 0.3 is 12.4 Å². The summed E-state index contributed by atoms with van der Waals surface area (Å²) in [4.78, 5) is 12.1. The highest BCUT2D eigenvalue weighted by Gasteiger charge is 2.52. The fourth-order valence-corrected chi connectivity index (χ4v) is 2.46. The van der Waals surface area contributed by atoms with E-state index in [1.807, 2.05) is 5.32 Å². The van der Waals surface area contributed by atoms with Crippen LogP contribution in [0, 0.1) is 0 Å². The van der Waals surface area contributed by atoms with Crippen molar-refractivity contribution < 1.29 is 36.2 Å².